The van der Waals surface area contributed by atoms with Crippen molar-refractivity contribution in [3.8, 4) is 56.4 Å². The first-order chi connectivity index (χ1) is 54.3. The fraction of sp³-hybridized carbons (Fsp3) is 0. The van der Waals surface area contributed by atoms with Crippen LogP contribution in [0.15, 0.2) is 413 Å². The van der Waals surface area contributed by atoms with Crippen LogP contribution in [-0.4, -0.2) is 17.3 Å². The zero-order valence-corrected chi connectivity index (χ0v) is 59.8. The Morgan fingerprint density at radius 2 is 0.218 bits per heavy atom. The largest absolute Gasteiger partial charge is 0.457 e. The summed E-state index contributed by atoms with van der Waals surface area (Å²) in [6.07, 6.45) is 0. The van der Waals surface area contributed by atoms with E-state index in [0.717, 1.165) is 134 Å². The Morgan fingerprint density at radius 3 is 0.391 bits per heavy atom. The molecule has 0 fully saturated rings. The lowest BCUT2D eigenvalue weighted by Gasteiger charge is -2.16. The van der Waals surface area contributed by atoms with E-state index in [1.807, 2.05) is 279 Å². The third-order valence-corrected chi connectivity index (χ3v) is 20.8. The molecule has 18 rings (SSSR count). The molecule has 0 radical (unpaired) electrons. The van der Waals surface area contributed by atoms with Crippen molar-refractivity contribution in [2.45, 2.75) is 0 Å². The van der Waals surface area contributed by atoms with E-state index in [9.17, 15) is 0 Å². The van der Waals surface area contributed by atoms with E-state index in [1.54, 1.807) is 0 Å². The van der Waals surface area contributed by atoms with Crippen LogP contribution >= 0.6 is 0 Å². The summed E-state index contributed by atoms with van der Waals surface area (Å²) in [5.74, 6) is 2.26. The Labute approximate surface area is 639 Å². The van der Waals surface area contributed by atoms with Crippen LogP contribution < -0.4 is 9.47 Å². The van der Waals surface area contributed by atoms with Gasteiger partial charge >= 0.3 is 0 Å². The van der Waals surface area contributed by atoms with E-state index in [0.29, 0.717) is 56.4 Å². The predicted molar refractivity (Wildman–Crippen MR) is 450 cm³/mol. The summed E-state index contributed by atoms with van der Waals surface area (Å²) in [5, 5.41) is 0. The topological polar surface area (TPSA) is 69.7 Å². The van der Waals surface area contributed by atoms with Crippen molar-refractivity contribution >= 4 is 84.2 Å². The highest BCUT2D eigenvalue weighted by atomic mass is 16.5. The maximum Gasteiger partial charge on any atom is 0.195 e. The first kappa shape index (κ1) is 67.2. The van der Waals surface area contributed by atoms with Crippen LogP contribution in [0.1, 0.15) is 66.8 Å². The van der Waals surface area contributed by atoms with Gasteiger partial charge in [-0.25, -0.2) is 0 Å². The molecular formula is C105H68O5. The van der Waals surface area contributed by atoms with Crippen molar-refractivity contribution in [2.75, 3.05) is 0 Å². The normalized spacial score (nSPS) is 13.7. The molecule has 5 nitrogen and oxygen atoms in total. The van der Waals surface area contributed by atoms with Gasteiger partial charge < -0.3 is 9.47 Å². The van der Waals surface area contributed by atoms with Crippen LogP contribution in [0.4, 0.5) is 0 Å². The third kappa shape index (κ3) is 13.0. The molecule has 3 aliphatic rings. The Hall–Kier alpha value is -14.7. The number of ether oxygens (including phenoxy) is 2. The summed E-state index contributed by atoms with van der Waals surface area (Å²) in [4.78, 5) is 46.5. The van der Waals surface area contributed by atoms with Crippen molar-refractivity contribution in [1.29, 1.82) is 0 Å². The third-order valence-electron chi connectivity index (χ3n) is 20.8. The summed E-state index contributed by atoms with van der Waals surface area (Å²) >= 11 is 0. The molecule has 5 heteroatoms. The van der Waals surface area contributed by atoms with Gasteiger partial charge in [-0.2, -0.15) is 0 Å². The number of hydrogen-bond acceptors (Lipinski definition) is 5. The zero-order chi connectivity index (χ0) is 73.9. The highest BCUT2D eigenvalue weighted by molar-refractivity contribution is 6.61. The van der Waals surface area contributed by atoms with Crippen molar-refractivity contribution in [3.63, 3.8) is 0 Å². The molecule has 15 aromatic rings. The minimum Gasteiger partial charge on any atom is -0.457 e. The van der Waals surface area contributed by atoms with Crippen LogP contribution in [-0.2, 0) is 14.4 Å². The molecule has 15 aromatic carbocycles. The van der Waals surface area contributed by atoms with Crippen LogP contribution in [0, 0.1) is 0 Å². The second kappa shape index (κ2) is 29.7. The van der Waals surface area contributed by atoms with Crippen molar-refractivity contribution in [3.05, 3.63) is 479 Å². The molecule has 0 saturated carbocycles. The molecule has 0 spiro atoms. The molecule has 0 aliphatic heterocycles. The van der Waals surface area contributed by atoms with Gasteiger partial charge in [0, 0.05) is 66.9 Å². The summed E-state index contributed by atoms with van der Waals surface area (Å²) in [5.41, 5.74) is 25.5. The van der Waals surface area contributed by atoms with Gasteiger partial charge in [0.25, 0.3) is 0 Å². The molecule has 0 unspecified atom stereocenters. The minimum absolute atomic E-state index is 0.0350. The Kier molecular flexibility index (Phi) is 18.2. The number of carbonyl (C=O) groups excluding carboxylic acids is 3. The van der Waals surface area contributed by atoms with Crippen molar-refractivity contribution in [1.82, 2.24) is 0 Å². The van der Waals surface area contributed by atoms with Gasteiger partial charge in [0.05, 0.1) is 0 Å². The fourth-order valence-electron chi connectivity index (χ4n) is 15.6. The SMILES string of the molecule is O=C1C(c2ccc(-c3ccccc3)cc2)=C(c2ccccc2)C(c2ccc(Oc3ccc(C4=C(c5ccccc5)C(=O)C(c5ccc(-c6ccccc6)cc5)=C4c4ccc(Oc5ccc(C6=C(c7ccc(-c8ccccc8)cc7)C(=O)C(c7ccccc7)=C6c6ccccc6)cc5)cc4)cc3)cc2)=C1c1ccccc1. The number of Topliss-reactive ketones (excluding diaryl/α,β-unsaturated/α-hetero) is 3. The molecule has 3 aliphatic carbocycles. The summed E-state index contributed by atoms with van der Waals surface area (Å²) < 4.78 is 13.5. The monoisotopic (exact) mass is 1410 g/mol. The average molecular weight is 1410 g/mol. The van der Waals surface area contributed by atoms with Crippen LogP contribution in [0.2, 0.25) is 0 Å². The lowest BCUT2D eigenvalue weighted by atomic mass is 9.89. The molecule has 110 heavy (non-hydrogen) atoms. The van der Waals surface area contributed by atoms with Gasteiger partial charge in [0.15, 0.2) is 17.3 Å². The van der Waals surface area contributed by atoms with Gasteiger partial charge in [-0.3, -0.25) is 14.4 Å². The molecule has 0 bridgehead atoms. The maximum atomic E-state index is 15.8. The van der Waals surface area contributed by atoms with E-state index in [-0.39, 0.29) is 17.3 Å². The van der Waals surface area contributed by atoms with Crippen LogP contribution in [0.5, 0.6) is 23.0 Å². The summed E-state index contributed by atoms with van der Waals surface area (Å²) in [7, 11) is 0. The highest BCUT2D eigenvalue weighted by Gasteiger charge is 2.39. The van der Waals surface area contributed by atoms with E-state index >= 15 is 14.4 Å². The molecule has 0 aromatic heterocycles. The highest BCUT2D eigenvalue weighted by Crippen LogP contribution is 2.54. The van der Waals surface area contributed by atoms with Crippen LogP contribution in [0.25, 0.3) is 100 Å². The maximum absolute atomic E-state index is 15.8. The van der Waals surface area contributed by atoms with Crippen molar-refractivity contribution < 1.29 is 23.9 Å². The van der Waals surface area contributed by atoms with Gasteiger partial charge in [-0.05, 0) is 149 Å². The quantitative estimate of drug-likeness (QED) is 0.0807. The Morgan fingerprint density at radius 1 is 0.109 bits per heavy atom. The Bertz CT molecular complexity index is 6190. The number of carbonyl (C=O) groups is 3. The van der Waals surface area contributed by atoms with Gasteiger partial charge in [0.1, 0.15) is 23.0 Å². The second-order valence-electron chi connectivity index (χ2n) is 27.4. The van der Waals surface area contributed by atoms with E-state index in [1.165, 1.54) is 0 Å². The van der Waals surface area contributed by atoms with Gasteiger partial charge in [-0.15, -0.1) is 0 Å². The molecule has 518 valence electrons. The lowest BCUT2D eigenvalue weighted by Crippen LogP contribution is -2.02. The van der Waals surface area contributed by atoms with E-state index in [2.05, 4.69) is 133 Å². The number of allylic oxidation sites excluding steroid dienone is 12. The van der Waals surface area contributed by atoms with Crippen molar-refractivity contribution in [2.24, 2.45) is 0 Å². The molecule has 0 atom stereocenters. The summed E-state index contributed by atoms with van der Waals surface area (Å²) in [6.45, 7) is 0. The molecule has 0 amide bonds. The summed E-state index contributed by atoms with van der Waals surface area (Å²) in [6, 6.07) is 138. The number of benzene rings is 15. The first-order valence-corrected chi connectivity index (χ1v) is 37.0. The fourth-order valence-corrected chi connectivity index (χ4v) is 15.6. The predicted octanol–water partition coefficient (Wildman–Crippen LogP) is 25.6. The number of ketones is 3. The molecule has 0 N–H and O–H groups in total. The number of hydrogen-bond donors (Lipinski definition) is 0. The molecule has 0 saturated heterocycles. The second-order valence-corrected chi connectivity index (χ2v) is 27.4. The average Bonchev–Trinajstić information content (AvgIpc) is 1.58. The smallest absolute Gasteiger partial charge is 0.195 e. The van der Waals surface area contributed by atoms with Crippen LogP contribution in [0.3, 0.4) is 0 Å². The lowest BCUT2D eigenvalue weighted by molar-refractivity contribution is -0.109. The van der Waals surface area contributed by atoms with Gasteiger partial charge in [0.2, 0.25) is 0 Å². The van der Waals surface area contributed by atoms with Gasteiger partial charge in [-0.1, -0.05) is 364 Å². The number of rotatable bonds is 19. The molecular weight excluding hydrogens is 1340 g/mol. The standard InChI is InChI=1S/C105H68O5/c106-103-97(77-35-19-6-20-36-77)91(75-31-15-4-16-32-75)94(101(103)85-49-43-73(44-50-85)70-27-11-2-12-28-70)81-55-63-88(64-56-81)110-90-67-59-83(60-68-90)96-95(99(79-39-23-8-24-40-79)105(108)102(96)86-51-45-74(46-52-86)71-29-13-3-14-30-71)82-57-65-89(66-58-82)109-87-61-53-80(54-62-87)93-92(76-33-17-5-18-34-76)100(104(107)98(93)78-37-21-7-22-38-78)84-47-41-72(42-48-84)69-25-9-1-10-26-69/h1-68H. The zero-order valence-electron chi connectivity index (χ0n) is 59.8. The Balaban J connectivity index is 0.683. The minimum atomic E-state index is -0.0880. The van der Waals surface area contributed by atoms with E-state index in [4.69, 9.17) is 9.47 Å². The van der Waals surface area contributed by atoms with E-state index < -0.39 is 0 Å². The molecule has 0 heterocycles. The first-order valence-electron chi connectivity index (χ1n) is 37.0.